The van der Waals surface area contributed by atoms with Gasteiger partial charge in [0.1, 0.15) is 13.2 Å². The molecule has 27 heavy (non-hydrogen) atoms. The Labute approximate surface area is 161 Å². The third-order valence-corrected chi connectivity index (χ3v) is 5.76. The highest BCUT2D eigenvalue weighted by Gasteiger charge is 2.17. The van der Waals surface area contributed by atoms with E-state index in [1.165, 1.54) is 16.9 Å². The standard InChI is InChI=1S/C21H22N2O3S/c1-21(2,3)14-7-5-13(6-8-14)19(24)22-20-23(4)15-11-16-17(12-18(15)27-20)26-10-9-25-16/h5-8,11-12H,9-10H2,1-4H3. The minimum atomic E-state index is -0.241. The molecule has 1 aromatic heterocycles. The first-order chi connectivity index (χ1) is 12.8. The Morgan fingerprint density at radius 2 is 1.70 bits per heavy atom. The van der Waals surface area contributed by atoms with Gasteiger partial charge in [-0.25, -0.2) is 0 Å². The zero-order valence-corrected chi connectivity index (χ0v) is 16.7. The Kier molecular flexibility index (Phi) is 4.30. The molecule has 140 valence electrons. The van der Waals surface area contributed by atoms with Crippen LogP contribution in [-0.2, 0) is 12.5 Å². The van der Waals surface area contributed by atoms with Gasteiger partial charge < -0.3 is 14.0 Å². The van der Waals surface area contributed by atoms with Crippen molar-refractivity contribution in [2.24, 2.45) is 12.0 Å². The van der Waals surface area contributed by atoms with Gasteiger partial charge in [-0.15, -0.1) is 0 Å². The van der Waals surface area contributed by atoms with E-state index in [4.69, 9.17) is 9.47 Å². The predicted molar refractivity (Wildman–Crippen MR) is 107 cm³/mol. The molecule has 0 atom stereocenters. The Balaban J connectivity index is 1.71. The summed E-state index contributed by atoms with van der Waals surface area (Å²) in [7, 11) is 1.91. The average molecular weight is 382 g/mol. The lowest BCUT2D eigenvalue weighted by molar-refractivity contribution is 0.0998. The molecule has 1 amide bonds. The highest BCUT2D eigenvalue weighted by Crippen LogP contribution is 2.35. The Morgan fingerprint density at radius 1 is 1.07 bits per heavy atom. The number of nitrogens with zero attached hydrogens (tertiary/aromatic N) is 2. The zero-order valence-electron chi connectivity index (χ0n) is 15.9. The van der Waals surface area contributed by atoms with Crippen molar-refractivity contribution in [2.75, 3.05) is 13.2 Å². The lowest BCUT2D eigenvalue weighted by atomic mass is 9.87. The lowest BCUT2D eigenvalue weighted by Gasteiger charge is -2.18. The van der Waals surface area contributed by atoms with Crippen molar-refractivity contribution in [3.63, 3.8) is 0 Å². The molecular formula is C21H22N2O3S. The number of ether oxygens (including phenoxy) is 2. The Bertz CT molecular complexity index is 1090. The van der Waals surface area contributed by atoms with E-state index in [1.54, 1.807) is 0 Å². The molecule has 0 radical (unpaired) electrons. The van der Waals surface area contributed by atoms with Crippen LogP contribution in [0.25, 0.3) is 10.2 Å². The fourth-order valence-corrected chi connectivity index (χ4v) is 4.06. The fourth-order valence-electron chi connectivity index (χ4n) is 3.04. The van der Waals surface area contributed by atoms with Crippen LogP contribution in [0.5, 0.6) is 11.5 Å². The SMILES string of the molecule is Cn1c(=NC(=O)c2ccc(C(C)(C)C)cc2)sc2cc3c(cc21)OCCO3. The summed E-state index contributed by atoms with van der Waals surface area (Å²) in [4.78, 5) is 17.6. The number of hydrogen-bond donors (Lipinski definition) is 0. The maximum Gasteiger partial charge on any atom is 0.279 e. The molecule has 5 nitrogen and oxygen atoms in total. The molecule has 0 saturated heterocycles. The summed E-state index contributed by atoms with van der Waals surface area (Å²) in [5.41, 5.74) is 2.81. The summed E-state index contributed by atoms with van der Waals surface area (Å²) < 4.78 is 14.2. The van der Waals surface area contributed by atoms with Gasteiger partial charge in [-0.1, -0.05) is 44.2 Å². The number of carbonyl (C=O) groups excluding carboxylic acids is 1. The third kappa shape index (κ3) is 3.37. The number of amides is 1. The van der Waals surface area contributed by atoms with Crippen molar-refractivity contribution >= 4 is 27.5 Å². The zero-order chi connectivity index (χ0) is 19.2. The largest absolute Gasteiger partial charge is 0.486 e. The molecule has 6 heteroatoms. The maximum atomic E-state index is 12.6. The van der Waals surface area contributed by atoms with Gasteiger partial charge >= 0.3 is 0 Å². The number of fused-ring (bicyclic) bond motifs is 2. The van der Waals surface area contributed by atoms with Crippen molar-refractivity contribution in [3.8, 4) is 11.5 Å². The average Bonchev–Trinajstić information content (AvgIpc) is 2.94. The molecule has 1 aliphatic heterocycles. The monoisotopic (exact) mass is 382 g/mol. The van der Waals surface area contributed by atoms with E-state index in [2.05, 4.69) is 25.8 Å². The molecule has 0 aliphatic carbocycles. The summed E-state index contributed by atoms with van der Waals surface area (Å²) >= 11 is 1.47. The molecule has 0 N–H and O–H groups in total. The summed E-state index contributed by atoms with van der Waals surface area (Å²) in [5.74, 6) is 1.24. The highest BCUT2D eigenvalue weighted by molar-refractivity contribution is 7.16. The van der Waals surface area contributed by atoms with Crippen molar-refractivity contribution < 1.29 is 14.3 Å². The van der Waals surface area contributed by atoms with Crippen molar-refractivity contribution in [3.05, 3.63) is 52.3 Å². The van der Waals surface area contributed by atoms with E-state index in [-0.39, 0.29) is 11.3 Å². The minimum absolute atomic E-state index is 0.0554. The molecule has 0 bridgehead atoms. The number of aryl methyl sites for hydroxylation is 1. The van der Waals surface area contributed by atoms with Crippen LogP contribution in [0.3, 0.4) is 0 Å². The predicted octanol–water partition coefficient (Wildman–Crippen LogP) is 4.05. The normalized spacial score (nSPS) is 14.6. The van der Waals surface area contributed by atoms with Gasteiger partial charge in [-0.2, -0.15) is 4.99 Å². The van der Waals surface area contributed by atoms with E-state index < -0.39 is 0 Å². The highest BCUT2D eigenvalue weighted by atomic mass is 32.1. The minimum Gasteiger partial charge on any atom is -0.486 e. The molecule has 2 aromatic carbocycles. The lowest BCUT2D eigenvalue weighted by Crippen LogP contribution is -2.16. The summed E-state index contributed by atoms with van der Waals surface area (Å²) in [6, 6.07) is 11.6. The Hall–Kier alpha value is -2.60. The van der Waals surface area contributed by atoms with Crippen LogP contribution in [0.4, 0.5) is 0 Å². The number of thiazole rings is 1. The number of rotatable bonds is 1. The van der Waals surface area contributed by atoms with Gasteiger partial charge in [-0.05, 0) is 23.1 Å². The second kappa shape index (κ2) is 6.53. The topological polar surface area (TPSA) is 52.8 Å². The number of benzene rings is 2. The summed E-state index contributed by atoms with van der Waals surface area (Å²) in [6.07, 6.45) is 0. The molecule has 0 spiro atoms. The van der Waals surface area contributed by atoms with E-state index in [9.17, 15) is 4.79 Å². The van der Waals surface area contributed by atoms with Crippen LogP contribution in [0.1, 0.15) is 36.7 Å². The maximum absolute atomic E-state index is 12.6. The molecule has 4 rings (SSSR count). The van der Waals surface area contributed by atoms with Gasteiger partial charge in [0.25, 0.3) is 5.91 Å². The van der Waals surface area contributed by atoms with Crippen LogP contribution in [-0.4, -0.2) is 23.7 Å². The van der Waals surface area contributed by atoms with Gasteiger partial charge in [0.15, 0.2) is 16.3 Å². The van der Waals surface area contributed by atoms with Gasteiger partial charge in [0.05, 0.1) is 10.2 Å². The van der Waals surface area contributed by atoms with Crippen LogP contribution in [0, 0.1) is 0 Å². The molecular weight excluding hydrogens is 360 g/mol. The summed E-state index contributed by atoms with van der Waals surface area (Å²) in [5, 5.41) is 0. The van der Waals surface area contributed by atoms with E-state index >= 15 is 0 Å². The van der Waals surface area contributed by atoms with E-state index in [1.807, 2.05) is 48.0 Å². The first-order valence-electron chi connectivity index (χ1n) is 8.92. The molecule has 3 aromatic rings. The van der Waals surface area contributed by atoms with Crippen LogP contribution < -0.4 is 14.3 Å². The number of carbonyl (C=O) groups is 1. The molecule has 0 unspecified atom stereocenters. The summed E-state index contributed by atoms with van der Waals surface area (Å²) in [6.45, 7) is 7.55. The van der Waals surface area contributed by atoms with Crippen LogP contribution in [0.2, 0.25) is 0 Å². The van der Waals surface area contributed by atoms with E-state index in [0.29, 0.717) is 23.6 Å². The van der Waals surface area contributed by atoms with Crippen LogP contribution in [0.15, 0.2) is 41.4 Å². The van der Waals surface area contributed by atoms with Crippen LogP contribution >= 0.6 is 11.3 Å². The molecule has 2 heterocycles. The smallest absolute Gasteiger partial charge is 0.279 e. The Morgan fingerprint density at radius 3 is 2.33 bits per heavy atom. The van der Waals surface area contributed by atoms with Crippen molar-refractivity contribution in [2.45, 2.75) is 26.2 Å². The van der Waals surface area contributed by atoms with Crippen molar-refractivity contribution in [1.29, 1.82) is 0 Å². The van der Waals surface area contributed by atoms with Gasteiger partial charge in [-0.3, -0.25) is 4.79 Å². The first-order valence-corrected chi connectivity index (χ1v) is 9.73. The fraction of sp³-hybridized carbons (Fsp3) is 0.333. The number of hydrogen-bond acceptors (Lipinski definition) is 4. The molecule has 1 aliphatic rings. The first kappa shape index (κ1) is 17.8. The third-order valence-electron chi connectivity index (χ3n) is 4.67. The molecule has 0 saturated carbocycles. The quantitative estimate of drug-likeness (QED) is 0.638. The van der Waals surface area contributed by atoms with Gasteiger partial charge in [0.2, 0.25) is 0 Å². The van der Waals surface area contributed by atoms with Crippen molar-refractivity contribution in [1.82, 2.24) is 4.57 Å². The second-order valence-electron chi connectivity index (χ2n) is 7.65. The molecule has 0 fully saturated rings. The number of aromatic nitrogens is 1. The van der Waals surface area contributed by atoms with Gasteiger partial charge in [0, 0.05) is 24.7 Å². The second-order valence-corrected chi connectivity index (χ2v) is 8.66. The van der Waals surface area contributed by atoms with E-state index in [0.717, 1.165) is 21.7 Å².